The molecule has 0 bridgehead atoms. The smallest absolute Gasteiger partial charge is 0.270 e. The zero-order valence-electron chi connectivity index (χ0n) is 14.2. The number of carbonyl (C=O) groups excluding carboxylic acids is 1. The van der Waals surface area contributed by atoms with Crippen molar-refractivity contribution in [2.75, 3.05) is 44.3 Å². The van der Waals surface area contributed by atoms with Crippen LogP contribution in [0.5, 0.6) is 0 Å². The van der Waals surface area contributed by atoms with Crippen molar-refractivity contribution in [3.8, 4) is 0 Å². The highest BCUT2D eigenvalue weighted by Crippen LogP contribution is 2.23. The average Bonchev–Trinajstić information content (AvgIpc) is 2.95. The van der Waals surface area contributed by atoms with Crippen LogP contribution in [0.4, 0.5) is 5.69 Å². The van der Waals surface area contributed by atoms with E-state index in [4.69, 9.17) is 4.74 Å². The lowest BCUT2D eigenvalue weighted by Gasteiger charge is -2.30. The van der Waals surface area contributed by atoms with E-state index in [1.54, 1.807) is 0 Å². The van der Waals surface area contributed by atoms with E-state index in [0.29, 0.717) is 6.54 Å². The molecule has 1 amide bonds. The van der Waals surface area contributed by atoms with E-state index in [9.17, 15) is 4.79 Å². The molecule has 1 aliphatic heterocycles. The fourth-order valence-corrected chi connectivity index (χ4v) is 3.74. The summed E-state index contributed by atoms with van der Waals surface area (Å²) in [6.07, 6.45) is 0. The summed E-state index contributed by atoms with van der Waals surface area (Å²) in [4.78, 5) is 22.5. The minimum Gasteiger partial charge on any atom is -0.379 e. The third kappa shape index (κ3) is 4.01. The first-order valence-corrected chi connectivity index (χ1v) is 9.08. The minimum atomic E-state index is 0.0394. The molecule has 128 valence electrons. The summed E-state index contributed by atoms with van der Waals surface area (Å²) in [5, 5.41) is 0.928. The van der Waals surface area contributed by atoms with Crippen LogP contribution in [0, 0.1) is 13.8 Å². The number of hydrogen-bond acceptors (Lipinski definition) is 5. The molecule has 5 nitrogen and oxygen atoms in total. The number of nitrogens with zero attached hydrogens (tertiary/aromatic N) is 3. The molecule has 0 spiro atoms. The summed E-state index contributed by atoms with van der Waals surface area (Å²) in [7, 11) is 0. The van der Waals surface area contributed by atoms with E-state index < -0.39 is 0 Å². The number of ether oxygens (including phenoxy) is 1. The summed E-state index contributed by atoms with van der Waals surface area (Å²) in [6, 6.07) is 9.88. The Labute approximate surface area is 146 Å². The lowest BCUT2D eigenvalue weighted by molar-refractivity contribution is 0.0391. The zero-order chi connectivity index (χ0) is 16.9. The average molecular weight is 345 g/mol. The summed E-state index contributed by atoms with van der Waals surface area (Å²) in [6.45, 7) is 8.75. The van der Waals surface area contributed by atoms with Gasteiger partial charge in [-0.3, -0.25) is 9.69 Å². The molecule has 0 aliphatic carbocycles. The highest BCUT2D eigenvalue weighted by atomic mass is 32.1. The Hall–Kier alpha value is -1.76. The largest absolute Gasteiger partial charge is 0.379 e. The fourth-order valence-electron chi connectivity index (χ4n) is 2.87. The van der Waals surface area contributed by atoms with Crippen molar-refractivity contribution in [2.24, 2.45) is 0 Å². The standard InChI is InChI=1S/C18H23N3O2S/c1-14-17(24-15(2)19-14)18(22)21(16-6-4-3-5-7-16)9-8-20-10-12-23-13-11-20/h3-7H,8-13H2,1-2H3. The molecule has 0 radical (unpaired) electrons. The number of amides is 1. The monoisotopic (exact) mass is 345 g/mol. The van der Waals surface area contributed by atoms with Gasteiger partial charge in [-0.15, -0.1) is 11.3 Å². The number of benzene rings is 1. The second-order valence-electron chi connectivity index (χ2n) is 5.89. The van der Waals surface area contributed by atoms with E-state index in [1.807, 2.05) is 49.1 Å². The Morgan fingerprint density at radius 1 is 1.25 bits per heavy atom. The molecule has 1 fully saturated rings. The van der Waals surface area contributed by atoms with Gasteiger partial charge in [0.2, 0.25) is 0 Å². The molecule has 1 aliphatic rings. The quantitative estimate of drug-likeness (QED) is 0.836. The topological polar surface area (TPSA) is 45.7 Å². The van der Waals surface area contributed by atoms with Gasteiger partial charge in [-0.2, -0.15) is 0 Å². The summed E-state index contributed by atoms with van der Waals surface area (Å²) >= 11 is 1.47. The van der Waals surface area contributed by atoms with E-state index in [0.717, 1.165) is 54.1 Å². The lowest BCUT2D eigenvalue weighted by Crippen LogP contribution is -2.43. The van der Waals surface area contributed by atoms with Crippen LogP contribution in [0.15, 0.2) is 30.3 Å². The third-order valence-corrected chi connectivity index (χ3v) is 5.22. The second kappa shape index (κ2) is 7.88. The van der Waals surface area contributed by atoms with Crippen molar-refractivity contribution in [2.45, 2.75) is 13.8 Å². The SMILES string of the molecule is Cc1nc(C)c(C(=O)N(CCN2CCOCC2)c2ccccc2)s1. The van der Waals surface area contributed by atoms with Gasteiger partial charge in [0.05, 0.1) is 23.9 Å². The van der Waals surface area contributed by atoms with E-state index in [1.165, 1.54) is 11.3 Å². The van der Waals surface area contributed by atoms with Gasteiger partial charge in [-0.05, 0) is 26.0 Å². The maximum atomic E-state index is 13.1. The number of morpholine rings is 1. The van der Waals surface area contributed by atoms with Gasteiger partial charge >= 0.3 is 0 Å². The zero-order valence-corrected chi connectivity index (χ0v) is 15.0. The molecule has 0 atom stereocenters. The van der Waals surface area contributed by atoms with Crippen LogP contribution in [0.2, 0.25) is 0 Å². The van der Waals surface area contributed by atoms with Crippen molar-refractivity contribution in [1.29, 1.82) is 0 Å². The van der Waals surface area contributed by atoms with Crippen molar-refractivity contribution in [3.05, 3.63) is 45.9 Å². The van der Waals surface area contributed by atoms with Crippen LogP contribution < -0.4 is 4.90 Å². The summed E-state index contributed by atoms with van der Waals surface area (Å²) < 4.78 is 5.40. The Morgan fingerprint density at radius 3 is 2.58 bits per heavy atom. The maximum Gasteiger partial charge on any atom is 0.270 e. The van der Waals surface area contributed by atoms with E-state index >= 15 is 0 Å². The van der Waals surface area contributed by atoms with Crippen LogP contribution >= 0.6 is 11.3 Å². The molecule has 3 rings (SSSR count). The molecule has 1 saturated heterocycles. The molecule has 2 heterocycles. The summed E-state index contributed by atoms with van der Waals surface area (Å²) in [5.74, 6) is 0.0394. The van der Waals surface area contributed by atoms with Crippen LogP contribution in [-0.4, -0.2) is 55.2 Å². The third-order valence-electron chi connectivity index (χ3n) is 4.15. The first-order chi connectivity index (χ1) is 11.6. The second-order valence-corrected chi connectivity index (χ2v) is 7.10. The molecule has 6 heteroatoms. The molecular formula is C18H23N3O2S. The number of rotatable bonds is 5. The van der Waals surface area contributed by atoms with Gasteiger partial charge in [0.15, 0.2) is 0 Å². The van der Waals surface area contributed by atoms with Gasteiger partial charge < -0.3 is 9.64 Å². The molecule has 0 N–H and O–H groups in total. The van der Waals surface area contributed by atoms with Crippen LogP contribution in [0.3, 0.4) is 0 Å². The highest BCUT2D eigenvalue weighted by molar-refractivity contribution is 7.13. The highest BCUT2D eigenvalue weighted by Gasteiger charge is 2.23. The Kier molecular flexibility index (Phi) is 5.60. The van der Waals surface area contributed by atoms with Crippen LogP contribution in [0.1, 0.15) is 20.4 Å². The van der Waals surface area contributed by atoms with Crippen LogP contribution in [-0.2, 0) is 4.74 Å². The number of anilines is 1. The number of aryl methyl sites for hydroxylation is 2. The fraction of sp³-hybridized carbons (Fsp3) is 0.444. The number of hydrogen-bond donors (Lipinski definition) is 0. The van der Waals surface area contributed by atoms with E-state index in [2.05, 4.69) is 9.88 Å². The number of carbonyl (C=O) groups is 1. The number of aromatic nitrogens is 1. The Morgan fingerprint density at radius 2 is 1.96 bits per heavy atom. The van der Waals surface area contributed by atoms with Crippen LogP contribution in [0.25, 0.3) is 0 Å². The molecule has 0 saturated carbocycles. The van der Waals surface area contributed by atoms with Crippen molar-refractivity contribution in [3.63, 3.8) is 0 Å². The van der Waals surface area contributed by atoms with Crippen molar-refractivity contribution in [1.82, 2.24) is 9.88 Å². The maximum absolute atomic E-state index is 13.1. The molecule has 1 aromatic carbocycles. The summed E-state index contributed by atoms with van der Waals surface area (Å²) in [5.41, 5.74) is 1.75. The van der Waals surface area contributed by atoms with Crippen molar-refractivity contribution >= 4 is 22.9 Å². The first kappa shape index (κ1) is 17.1. The predicted molar refractivity (Wildman–Crippen MR) is 97.0 cm³/mol. The molecule has 2 aromatic rings. The Balaban J connectivity index is 1.79. The molecule has 1 aromatic heterocycles. The molecule has 0 unspecified atom stereocenters. The van der Waals surface area contributed by atoms with Gasteiger partial charge in [0, 0.05) is 31.9 Å². The van der Waals surface area contributed by atoms with E-state index in [-0.39, 0.29) is 5.91 Å². The van der Waals surface area contributed by atoms with Gasteiger partial charge in [0.25, 0.3) is 5.91 Å². The molecular weight excluding hydrogens is 322 g/mol. The van der Waals surface area contributed by atoms with Gasteiger partial charge in [0.1, 0.15) is 4.88 Å². The Bertz CT molecular complexity index is 681. The molecule has 24 heavy (non-hydrogen) atoms. The minimum absolute atomic E-state index is 0.0394. The van der Waals surface area contributed by atoms with Gasteiger partial charge in [-0.25, -0.2) is 4.98 Å². The van der Waals surface area contributed by atoms with Crippen molar-refractivity contribution < 1.29 is 9.53 Å². The predicted octanol–water partition coefficient (Wildman–Crippen LogP) is 2.74. The number of para-hydroxylation sites is 1. The number of thiazole rings is 1. The van der Waals surface area contributed by atoms with Gasteiger partial charge in [-0.1, -0.05) is 18.2 Å². The normalized spacial score (nSPS) is 15.4. The lowest BCUT2D eigenvalue weighted by atomic mass is 10.2. The first-order valence-electron chi connectivity index (χ1n) is 8.26.